The van der Waals surface area contributed by atoms with Crippen LogP contribution in [0.25, 0.3) is 0 Å². The summed E-state index contributed by atoms with van der Waals surface area (Å²) in [5.74, 6) is 0. The Morgan fingerprint density at radius 1 is 1.64 bits per heavy atom. The minimum absolute atomic E-state index is 0.281. The molecule has 76 valence electrons. The van der Waals surface area contributed by atoms with Crippen LogP contribution < -0.4 is 0 Å². The van der Waals surface area contributed by atoms with Crippen LogP contribution in [0.15, 0.2) is 12.1 Å². The molecule has 0 bridgehead atoms. The number of ether oxygens (including phenoxy) is 1. The zero-order valence-corrected chi connectivity index (χ0v) is 9.48. The monoisotopic (exact) mass is 231 g/mol. The molecule has 0 spiro atoms. The molecule has 0 saturated carbocycles. The number of hydrogen-bond acceptors (Lipinski definition) is 3. The van der Waals surface area contributed by atoms with Crippen molar-refractivity contribution >= 4 is 29.0 Å². The van der Waals surface area contributed by atoms with Gasteiger partial charge in [0.05, 0.1) is 15.8 Å². The number of likely N-dealkylation sites (N-methyl/N-ethyl adjacent to an activating group) is 1. The van der Waals surface area contributed by atoms with E-state index in [4.69, 9.17) is 16.3 Å². The summed E-state index contributed by atoms with van der Waals surface area (Å²) in [5, 5.41) is 0. The molecule has 1 aliphatic heterocycles. The Kier molecular flexibility index (Phi) is 2.20. The summed E-state index contributed by atoms with van der Waals surface area (Å²) in [6, 6.07) is 3.72. The third-order valence-corrected chi connectivity index (χ3v) is 3.73. The number of cyclic esters (lactones) is 1. The first kappa shape index (κ1) is 9.80. The molecule has 1 aromatic rings. The van der Waals surface area contributed by atoms with Crippen molar-refractivity contribution < 1.29 is 9.53 Å². The van der Waals surface area contributed by atoms with Gasteiger partial charge in [0.25, 0.3) is 0 Å². The molecule has 0 N–H and O–H groups in total. The van der Waals surface area contributed by atoms with Crippen LogP contribution in [0.3, 0.4) is 0 Å². The average molecular weight is 232 g/mol. The summed E-state index contributed by atoms with van der Waals surface area (Å²) in [4.78, 5) is 13.8. The smallest absolute Gasteiger partial charge is 0.410 e. The Labute approximate surface area is 91.2 Å². The van der Waals surface area contributed by atoms with Crippen molar-refractivity contribution in [1.82, 2.24) is 4.90 Å². The minimum atomic E-state index is -0.538. The second-order valence-corrected chi connectivity index (χ2v) is 5.27. The molecule has 1 aromatic heterocycles. The van der Waals surface area contributed by atoms with E-state index in [-0.39, 0.29) is 6.09 Å². The quantitative estimate of drug-likeness (QED) is 0.744. The molecule has 14 heavy (non-hydrogen) atoms. The molecule has 1 saturated heterocycles. The summed E-state index contributed by atoms with van der Waals surface area (Å²) in [7, 11) is 1.72. The number of rotatable bonds is 1. The Hall–Kier alpha value is -0.740. The van der Waals surface area contributed by atoms with E-state index in [0.29, 0.717) is 10.9 Å². The first-order valence-corrected chi connectivity index (χ1v) is 5.41. The molecule has 2 heterocycles. The van der Waals surface area contributed by atoms with Gasteiger partial charge in [-0.15, -0.1) is 11.3 Å². The molecular weight excluding hydrogens is 222 g/mol. The number of carbonyl (C=O) groups excluding carboxylic acids is 1. The Morgan fingerprint density at radius 2 is 2.36 bits per heavy atom. The summed E-state index contributed by atoms with van der Waals surface area (Å²) >= 11 is 7.29. The van der Waals surface area contributed by atoms with Crippen molar-refractivity contribution in [3.8, 4) is 0 Å². The summed E-state index contributed by atoms with van der Waals surface area (Å²) in [6.45, 7) is 2.47. The maximum Gasteiger partial charge on any atom is 0.410 e. The normalized spacial score (nSPS) is 26.8. The van der Waals surface area contributed by atoms with Crippen molar-refractivity contribution in [3.63, 3.8) is 0 Å². The molecule has 1 amide bonds. The van der Waals surface area contributed by atoms with Crippen LogP contribution in [0.1, 0.15) is 11.8 Å². The maximum atomic E-state index is 11.2. The van der Waals surface area contributed by atoms with E-state index in [1.165, 1.54) is 11.3 Å². The number of amides is 1. The lowest BCUT2D eigenvalue weighted by molar-refractivity contribution is 0.0729. The number of hydrogen-bond donors (Lipinski definition) is 0. The lowest BCUT2D eigenvalue weighted by Gasteiger charge is -2.19. The van der Waals surface area contributed by atoms with Crippen LogP contribution in [0.4, 0.5) is 4.79 Å². The van der Waals surface area contributed by atoms with Gasteiger partial charge in [0.1, 0.15) is 0 Å². The lowest BCUT2D eigenvalue weighted by atomic mass is 10.1. The van der Waals surface area contributed by atoms with Gasteiger partial charge < -0.3 is 9.64 Å². The molecule has 0 aliphatic carbocycles. The largest absolute Gasteiger partial charge is 0.435 e. The zero-order chi connectivity index (χ0) is 10.3. The Bertz CT molecular complexity index is 379. The van der Waals surface area contributed by atoms with E-state index in [1.807, 2.05) is 19.1 Å². The van der Waals surface area contributed by atoms with Gasteiger partial charge in [0, 0.05) is 7.05 Å². The van der Waals surface area contributed by atoms with Crippen molar-refractivity contribution in [2.24, 2.45) is 0 Å². The molecule has 1 aliphatic rings. The third-order valence-electron chi connectivity index (χ3n) is 2.26. The fourth-order valence-corrected chi connectivity index (χ4v) is 2.66. The highest BCUT2D eigenvalue weighted by Crippen LogP contribution is 2.37. The molecule has 5 heteroatoms. The van der Waals surface area contributed by atoms with E-state index in [1.54, 1.807) is 11.9 Å². The van der Waals surface area contributed by atoms with Gasteiger partial charge in [-0.1, -0.05) is 11.6 Å². The minimum Gasteiger partial charge on any atom is -0.435 e. The first-order chi connectivity index (χ1) is 6.51. The van der Waals surface area contributed by atoms with Crippen LogP contribution >= 0.6 is 22.9 Å². The van der Waals surface area contributed by atoms with Crippen molar-refractivity contribution in [2.75, 3.05) is 13.6 Å². The van der Waals surface area contributed by atoms with E-state index in [0.717, 1.165) is 4.88 Å². The topological polar surface area (TPSA) is 29.5 Å². The molecule has 0 aromatic carbocycles. The number of carbonyl (C=O) groups is 1. The lowest BCUT2D eigenvalue weighted by Crippen LogP contribution is -2.25. The maximum absolute atomic E-state index is 11.2. The van der Waals surface area contributed by atoms with Crippen LogP contribution in [-0.2, 0) is 10.3 Å². The highest BCUT2D eigenvalue weighted by molar-refractivity contribution is 7.16. The van der Waals surface area contributed by atoms with Crippen LogP contribution in [0.5, 0.6) is 0 Å². The van der Waals surface area contributed by atoms with Crippen molar-refractivity contribution in [3.05, 3.63) is 21.3 Å². The molecule has 2 rings (SSSR count). The summed E-state index contributed by atoms with van der Waals surface area (Å²) < 4.78 is 6.01. The number of thiophene rings is 1. The van der Waals surface area contributed by atoms with Crippen molar-refractivity contribution in [1.29, 1.82) is 0 Å². The second kappa shape index (κ2) is 3.14. The predicted octanol–water partition coefficient (Wildman–Crippen LogP) is 2.70. The van der Waals surface area contributed by atoms with Gasteiger partial charge in [0.15, 0.2) is 5.60 Å². The molecule has 0 radical (unpaired) electrons. The zero-order valence-electron chi connectivity index (χ0n) is 7.91. The van der Waals surface area contributed by atoms with Gasteiger partial charge in [-0.05, 0) is 19.1 Å². The van der Waals surface area contributed by atoms with E-state index >= 15 is 0 Å². The highest BCUT2D eigenvalue weighted by atomic mass is 35.5. The summed E-state index contributed by atoms with van der Waals surface area (Å²) in [5.41, 5.74) is -0.538. The summed E-state index contributed by atoms with van der Waals surface area (Å²) in [6.07, 6.45) is -0.281. The van der Waals surface area contributed by atoms with Gasteiger partial charge in [-0.25, -0.2) is 4.79 Å². The second-order valence-electron chi connectivity index (χ2n) is 3.56. The fourth-order valence-electron chi connectivity index (χ4n) is 1.55. The Balaban J connectivity index is 2.30. The Morgan fingerprint density at radius 3 is 2.79 bits per heavy atom. The number of halogens is 1. The van der Waals surface area contributed by atoms with Crippen LogP contribution in [0.2, 0.25) is 4.34 Å². The van der Waals surface area contributed by atoms with E-state index in [2.05, 4.69) is 0 Å². The molecule has 1 atom stereocenters. The number of nitrogens with zero attached hydrogens (tertiary/aromatic N) is 1. The molecule has 1 unspecified atom stereocenters. The SMILES string of the molecule is CN1CC(C)(c2ccc(Cl)s2)OC1=O. The highest BCUT2D eigenvalue weighted by Gasteiger charge is 2.42. The molecule has 3 nitrogen and oxygen atoms in total. The van der Waals surface area contributed by atoms with Crippen LogP contribution in [-0.4, -0.2) is 24.6 Å². The fraction of sp³-hybridized carbons (Fsp3) is 0.444. The molecule has 1 fully saturated rings. The molecular formula is C9H10ClNO2S. The predicted molar refractivity (Wildman–Crippen MR) is 55.8 cm³/mol. The third kappa shape index (κ3) is 1.48. The standard InChI is InChI=1S/C9H10ClNO2S/c1-9(5-11(2)8(12)13-9)6-3-4-7(10)14-6/h3-4H,5H2,1-2H3. The van der Waals surface area contributed by atoms with Crippen molar-refractivity contribution in [2.45, 2.75) is 12.5 Å². The van der Waals surface area contributed by atoms with Gasteiger partial charge in [-0.2, -0.15) is 0 Å². The van der Waals surface area contributed by atoms with Gasteiger partial charge in [-0.3, -0.25) is 0 Å². The van der Waals surface area contributed by atoms with Gasteiger partial charge in [0.2, 0.25) is 0 Å². The van der Waals surface area contributed by atoms with Crippen LogP contribution in [0, 0.1) is 0 Å². The first-order valence-electron chi connectivity index (χ1n) is 4.21. The average Bonchev–Trinajstić information content (AvgIpc) is 2.60. The van der Waals surface area contributed by atoms with E-state index in [9.17, 15) is 4.79 Å². The van der Waals surface area contributed by atoms with E-state index < -0.39 is 5.60 Å². The van der Waals surface area contributed by atoms with Gasteiger partial charge >= 0.3 is 6.09 Å².